The maximum Gasteiger partial charge on any atom is 0.241 e. The third kappa shape index (κ3) is 4.14. The number of benzene rings is 1. The first kappa shape index (κ1) is 16.2. The van der Waals surface area contributed by atoms with E-state index in [2.05, 4.69) is 10.0 Å². The first-order valence-electron chi connectivity index (χ1n) is 6.71. The van der Waals surface area contributed by atoms with E-state index in [1.165, 1.54) is 11.3 Å². The van der Waals surface area contributed by atoms with E-state index in [9.17, 15) is 8.42 Å². The summed E-state index contributed by atoms with van der Waals surface area (Å²) < 4.78 is 27.4. The zero-order valence-corrected chi connectivity index (χ0v) is 14.1. The van der Waals surface area contributed by atoms with Gasteiger partial charge in [0.1, 0.15) is 0 Å². The Morgan fingerprint density at radius 3 is 2.38 bits per heavy atom. The fourth-order valence-electron chi connectivity index (χ4n) is 2.01. The lowest BCUT2D eigenvalue weighted by molar-refractivity contribution is 0.581. The third-order valence-corrected chi connectivity index (χ3v) is 5.86. The van der Waals surface area contributed by atoms with Crippen molar-refractivity contribution in [1.82, 2.24) is 10.0 Å². The first-order chi connectivity index (χ1) is 9.92. The van der Waals surface area contributed by atoms with Crippen molar-refractivity contribution in [2.24, 2.45) is 0 Å². The molecule has 1 aromatic carbocycles. The molecule has 114 valence electrons. The van der Waals surface area contributed by atoms with Gasteiger partial charge < -0.3 is 5.32 Å². The maximum absolute atomic E-state index is 12.4. The number of rotatable bonds is 6. The van der Waals surface area contributed by atoms with E-state index in [0.717, 1.165) is 20.9 Å². The molecule has 0 amide bonds. The number of aryl methyl sites for hydroxylation is 2. The highest BCUT2D eigenvalue weighted by Gasteiger charge is 2.19. The van der Waals surface area contributed by atoms with Crippen LogP contribution in [0.2, 0.25) is 0 Å². The van der Waals surface area contributed by atoms with Gasteiger partial charge in [0, 0.05) is 22.8 Å². The smallest absolute Gasteiger partial charge is 0.241 e. The highest BCUT2D eigenvalue weighted by atomic mass is 32.2. The van der Waals surface area contributed by atoms with Crippen molar-refractivity contribution in [3.8, 4) is 0 Å². The van der Waals surface area contributed by atoms with E-state index < -0.39 is 10.0 Å². The quantitative estimate of drug-likeness (QED) is 0.858. The number of hydrogen-bond donors (Lipinski definition) is 2. The second-order valence-corrected chi connectivity index (χ2v) is 8.05. The molecule has 0 aliphatic carbocycles. The van der Waals surface area contributed by atoms with Crippen LogP contribution >= 0.6 is 11.3 Å². The molecule has 1 heterocycles. The molecule has 21 heavy (non-hydrogen) atoms. The summed E-state index contributed by atoms with van der Waals surface area (Å²) >= 11 is 1.51. The minimum Gasteiger partial charge on any atom is -0.315 e. The lowest BCUT2D eigenvalue weighted by Gasteiger charge is -2.06. The second kappa shape index (κ2) is 6.70. The topological polar surface area (TPSA) is 58.2 Å². The molecule has 0 saturated heterocycles. The predicted octanol–water partition coefficient (Wildman–Crippen LogP) is 2.56. The monoisotopic (exact) mass is 324 g/mol. The standard InChI is InChI=1S/C15H20N2O2S2/c1-11-4-6-13(7-5-11)9-17-21(18,19)15-8-14(10-16-3)20-12(15)2/h4-8,16-17H,9-10H2,1-3H3. The summed E-state index contributed by atoms with van der Waals surface area (Å²) in [4.78, 5) is 2.22. The molecule has 0 atom stereocenters. The van der Waals surface area contributed by atoms with Crippen LogP contribution in [0, 0.1) is 13.8 Å². The fourth-order valence-corrected chi connectivity index (χ4v) is 4.68. The van der Waals surface area contributed by atoms with Crippen molar-refractivity contribution in [2.75, 3.05) is 7.05 Å². The Morgan fingerprint density at radius 2 is 1.76 bits per heavy atom. The van der Waals surface area contributed by atoms with E-state index in [4.69, 9.17) is 0 Å². The molecule has 2 aromatic rings. The summed E-state index contributed by atoms with van der Waals surface area (Å²) in [5.41, 5.74) is 2.11. The van der Waals surface area contributed by atoms with Crippen molar-refractivity contribution in [3.05, 3.63) is 51.2 Å². The van der Waals surface area contributed by atoms with Crippen LogP contribution < -0.4 is 10.0 Å². The summed E-state index contributed by atoms with van der Waals surface area (Å²) in [6.45, 7) is 4.83. The molecule has 6 heteroatoms. The molecular formula is C15H20N2O2S2. The van der Waals surface area contributed by atoms with Crippen molar-refractivity contribution < 1.29 is 8.42 Å². The van der Waals surface area contributed by atoms with Crippen LogP contribution in [-0.4, -0.2) is 15.5 Å². The van der Waals surface area contributed by atoms with Crippen molar-refractivity contribution in [2.45, 2.75) is 31.8 Å². The summed E-state index contributed by atoms with van der Waals surface area (Å²) in [5, 5.41) is 3.03. The largest absolute Gasteiger partial charge is 0.315 e. The summed E-state index contributed by atoms with van der Waals surface area (Å²) in [6, 6.07) is 9.57. The van der Waals surface area contributed by atoms with E-state index in [0.29, 0.717) is 18.0 Å². The van der Waals surface area contributed by atoms with Crippen LogP contribution in [0.5, 0.6) is 0 Å². The van der Waals surface area contributed by atoms with Crippen LogP contribution in [0.25, 0.3) is 0 Å². The highest BCUT2D eigenvalue weighted by Crippen LogP contribution is 2.25. The van der Waals surface area contributed by atoms with Crippen LogP contribution in [0.1, 0.15) is 20.9 Å². The number of hydrogen-bond acceptors (Lipinski definition) is 4. The Balaban J connectivity index is 2.12. The van der Waals surface area contributed by atoms with Crippen LogP contribution in [0.15, 0.2) is 35.2 Å². The molecule has 1 aromatic heterocycles. The van der Waals surface area contributed by atoms with Crippen molar-refractivity contribution >= 4 is 21.4 Å². The number of sulfonamides is 1. The Kier molecular flexibility index (Phi) is 5.16. The molecule has 0 aliphatic rings. The van der Waals surface area contributed by atoms with Gasteiger partial charge in [0.05, 0.1) is 4.90 Å². The normalized spacial score (nSPS) is 11.8. The lowest BCUT2D eigenvalue weighted by atomic mass is 10.2. The van der Waals surface area contributed by atoms with Gasteiger partial charge in [-0.25, -0.2) is 13.1 Å². The first-order valence-corrected chi connectivity index (χ1v) is 9.01. The Hall–Kier alpha value is -1.21. The molecule has 0 fully saturated rings. The lowest BCUT2D eigenvalue weighted by Crippen LogP contribution is -2.23. The summed E-state index contributed by atoms with van der Waals surface area (Å²) in [7, 11) is -1.62. The van der Waals surface area contributed by atoms with Crippen molar-refractivity contribution in [3.63, 3.8) is 0 Å². The Labute approximate surface area is 130 Å². The van der Waals surface area contributed by atoms with Crippen molar-refractivity contribution in [1.29, 1.82) is 0 Å². The average molecular weight is 324 g/mol. The molecule has 0 spiro atoms. The Bertz CT molecular complexity index is 704. The van der Waals surface area contributed by atoms with E-state index in [1.54, 1.807) is 6.07 Å². The molecule has 4 nitrogen and oxygen atoms in total. The second-order valence-electron chi connectivity index (χ2n) is 4.97. The molecular weight excluding hydrogens is 304 g/mol. The van der Waals surface area contributed by atoms with E-state index >= 15 is 0 Å². The molecule has 2 rings (SSSR count). The molecule has 0 aliphatic heterocycles. The van der Waals surface area contributed by atoms with Crippen LogP contribution in [-0.2, 0) is 23.1 Å². The van der Waals surface area contributed by atoms with E-state index in [-0.39, 0.29) is 0 Å². The minimum atomic E-state index is -3.46. The molecule has 0 saturated carbocycles. The minimum absolute atomic E-state index is 0.305. The summed E-state index contributed by atoms with van der Waals surface area (Å²) in [6.07, 6.45) is 0. The number of thiophene rings is 1. The maximum atomic E-state index is 12.4. The van der Waals surface area contributed by atoms with Gasteiger partial charge in [-0.2, -0.15) is 0 Å². The fraction of sp³-hybridized carbons (Fsp3) is 0.333. The van der Waals surface area contributed by atoms with Gasteiger partial charge in [0.25, 0.3) is 0 Å². The molecule has 0 radical (unpaired) electrons. The van der Waals surface area contributed by atoms with Gasteiger partial charge in [0.2, 0.25) is 10.0 Å². The van der Waals surface area contributed by atoms with E-state index in [1.807, 2.05) is 45.2 Å². The third-order valence-electron chi connectivity index (χ3n) is 3.15. The predicted molar refractivity (Wildman–Crippen MR) is 87.0 cm³/mol. The van der Waals surface area contributed by atoms with Gasteiger partial charge in [-0.3, -0.25) is 0 Å². The van der Waals surface area contributed by atoms with Gasteiger partial charge in [-0.1, -0.05) is 29.8 Å². The Morgan fingerprint density at radius 1 is 1.10 bits per heavy atom. The van der Waals surface area contributed by atoms with Gasteiger partial charge in [-0.15, -0.1) is 11.3 Å². The highest BCUT2D eigenvalue weighted by molar-refractivity contribution is 7.89. The average Bonchev–Trinajstić information content (AvgIpc) is 2.80. The summed E-state index contributed by atoms with van der Waals surface area (Å²) in [5.74, 6) is 0. The SMILES string of the molecule is CNCc1cc(S(=O)(=O)NCc2ccc(C)cc2)c(C)s1. The number of nitrogens with one attached hydrogen (secondary N) is 2. The zero-order chi connectivity index (χ0) is 15.5. The van der Waals surface area contributed by atoms with Gasteiger partial charge in [-0.05, 0) is 32.5 Å². The van der Waals surface area contributed by atoms with Gasteiger partial charge >= 0.3 is 0 Å². The molecule has 2 N–H and O–H groups in total. The zero-order valence-electron chi connectivity index (χ0n) is 12.4. The van der Waals surface area contributed by atoms with Crippen LogP contribution in [0.3, 0.4) is 0 Å². The van der Waals surface area contributed by atoms with Gasteiger partial charge in [0.15, 0.2) is 0 Å². The van der Waals surface area contributed by atoms with Crippen LogP contribution in [0.4, 0.5) is 0 Å². The molecule has 0 unspecified atom stereocenters. The molecule has 0 bridgehead atoms.